The third-order valence-corrected chi connectivity index (χ3v) is 2.31. The molecule has 4 nitrogen and oxygen atoms in total. The van der Waals surface area contributed by atoms with Crippen LogP contribution in [0.2, 0.25) is 0 Å². The maximum atomic E-state index is 11.4. The predicted molar refractivity (Wildman–Crippen MR) is 60.6 cm³/mol. The molecule has 0 aromatic heterocycles. The summed E-state index contributed by atoms with van der Waals surface area (Å²) in [4.78, 5) is 21.9. The Morgan fingerprint density at radius 3 is 2.88 bits per heavy atom. The van der Waals surface area contributed by atoms with Crippen molar-refractivity contribution in [2.45, 2.75) is 6.42 Å². The van der Waals surface area contributed by atoms with Crippen LogP contribution in [0.15, 0.2) is 36.1 Å². The van der Waals surface area contributed by atoms with Gasteiger partial charge in [-0.3, -0.25) is 0 Å². The number of hydrogen-bond donors (Lipinski definition) is 1. The molecule has 1 saturated heterocycles. The van der Waals surface area contributed by atoms with Crippen molar-refractivity contribution >= 4 is 12.3 Å². The average Bonchev–Trinajstić information content (AvgIpc) is 2.75. The summed E-state index contributed by atoms with van der Waals surface area (Å²) in [6.45, 7) is 4.16. The lowest BCUT2D eigenvalue weighted by Gasteiger charge is -2.01. The molecule has 4 heteroatoms. The first-order chi connectivity index (χ1) is 7.71. The Bertz CT molecular complexity index is 355. The number of ether oxygens (including phenoxy) is 1. The highest BCUT2D eigenvalue weighted by molar-refractivity contribution is 5.92. The lowest BCUT2D eigenvalue weighted by Crippen LogP contribution is -2.10. The molecule has 0 aliphatic carbocycles. The number of allylic oxidation sites excluding steroid dienone is 3. The fourth-order valence-electron chi connectivity index (χ4n) is 1.50. The average molecular weight is 221 g/mol. The second kappa shape index (κ2) is 5.90. The molecule has 86 valence electrons. The number of nitrogens with one attached hydrogen (secondary N) is 1. The van der Waals surface area contributed by atoms with Gasteiger partial charge in [-0.05, 0) is 18.6 Å². The van der Waals surface area contributed by atoms with Gasteiger partial charge in [0.05, 0.1) is 12.7 Å². The SMILES string of the molecule is C=C/C=C(\C=C1/CC(C=O)CN1)C(=O)OC. The molecule has 1 N–H and O–H groups in total. The fourth-order valence-corrected chi connectivity index (χ4v) is 1.50. The Balaban J connectivity index is 2.79. The summed E-state index contributed by atoms with van der Waals surface area (Å²) in [6.07, 6.45) is 6.35. The van der Waals surface area contributed by atoms with Crippen LogP contribution in [0.1, 0.15) is 6.42 Å². The van der Waals surface area contributed by atoms with Crippen molar-refractivity contribution in [3.8, 4) is 0 Å². The third-order valence-electron chi connectivity index (χ3n) is 2.31. The topological polar surface area (TPSA) is 55.4 Å². The number of carbonyl (C=O) groups is 2. The van der Waals surface area contributed by atoms with Crippen LogP contribution in [0.3, 0.4) is 0 Å². The van der Waals surface area contributed by atoms with E-state index in [0.29, 0.717) is 18.5 Å². The molecule has 0 radical (unpaired) electrons. The quantitative estimate of drug-likeness (QED) is 0.332. The third kappa shape index (κ3) is 3.08. The molecule has 0 saturated carbocycles. The minimum atomic E-state index is -0.413. The minimum absolute atomic E-state index is 0.00567. The monoisotopic (exact) mass is 221 g/mol. The van der Waals surface area contributed by atoms with Crippen molar-refractivity contribution in [1.82, 2.24) is 5.32 Å². The van der Waals surface area contributed by atoms with Gasteiger partial charge in [0.2, 0.25) is 0 Å². The Labute approximate surface area is 94.7 Å². The van der Waals surface area contributed by atoms with Gasteiger partial charge in [-0.2, -0.15) is 0 Å². The van der Waals surface area contributed by atoms with E-state index in [1.165, 1.54) is 13.2 Å². The molecular formula is C12H15NO3. The number of carbonyl (C=O) groups excluding carboxylic acids is 2. The number of hydrogen-bond acceptors (Lipinski definition) is 4. The summed E-state index contributed by atoms with van der Waals surface area (Å²) in [5, 5.41) is 3.07. The highest BCUT2D eigenvalue weighted by Crippen LogP contribution is 2.17. The molecule has 1 fully saturated rings. The van der Waals surface area contributed by atoms with Crippen LogP contribution in [-0.4, -0.2) is 25.9 Å². The van der Waals surface area contributed by atoms with Crippen molar-refractivity contribution < 1.29 is 14.3 Å². The first kappa shape index (κ1) is 12.2. The van der Waals surface area contributed by atoms with Crippen molar-refractivity contribution in [2.75, 3.05) is 13.7 Å². The molecule has 1 aliphatic heterocycles. The van der Waals surface area contributed by atoms with Gasteiger partial charge < -0.3 is 14.8 Å². The summed E-state index contributed by atoms with van der Waals surface area (Å²) in [5.74, 6) is -0.419. The summed E-state index contributed by atoms with van der Waals surface area (Å²) >= 11 is 0. The summed E-state index contributed by atoms with van der Waals surface area (Å²) < 4.78 is 4.63. The number of rotatable bonds is 4. The lowest BCUT2D eigenvalue weighted by atomic mass is 10.1. The van der Waals surface area contributed by atoms with E-state index in [9.17, 15) is 9.59 Å². The Morgan fingerprint density at radius 2 is 2.38 bits per heavy atom. The smallest absolute Gasteiger partial charge is 0.337 e. The molecule has 1 unspecified atom stereocenters. The van der Waals surface area contributed by atoms with Gasteiger partial charge in [0.15, 0.2) is 0 Å². The van der Waals surface area contributed by atoms with Crippen LogP contribution in [0.4, 0.5) is 0 Å². The van der Waals surface area contributed by atoms with Crippen LogP contribution in [0.25, 0.3) is 0 Å². The zero-order chi connectivity index (χ0) is 12.0. The normalized spacial score (nSPS) is 22.7. The van der Waals surface area contributed by atoms with E-state index < -0.39 is 5.97 Å². The maximum absolute atomic E-state index is 11.4. The molecule has 0 aromatic rings. The van der Waals surface area contributed by atoms with E-state index in [1.807, 2.05) is 0 Å². The van der Waals surface area contributed by atoms with E-state index in [-0.39, 0.29) is 5.92 Å². The molecule has 16 heavy (non-hydrogen) atoms. The zero-order valence-corrected chi connectivity index (χ0v) is 9.23. The largest absolute Gasteiger partial charge is 0.465 e. The highest BCUT2D eigenvalue weighted by atomic mass is 16.5. The van der Waals surface area contributed by atoms with E-state index in [1.54, 1.807) is 12.2 Å². The number of esters is 1. The van der Waals surface area contributed by atoms with E-state index in [4.69, 9.17) is 0 Å². The van der Waals surface area contributed by atoms with E-state index >= 15 is 0 Å². The van der Waals surface area contributed by atoms with Crippen molar-refractivity contribution in [3.63, 3.8) is 0 Å². The van der Waals surface area contributed by atoms with E-state index in [2.05, 4.69) is 16.6 Å². The van der Waals surface area contributed by atoms with Crippen LogP contribution < -0.4 is 5.32 Å². The summed E-state index contributed by atoms with van der Waals surface area (Å²) in [6, 6.07) is 0. The van der Waals surface area contributed by atoms with Gasteiger partial charge in [-0.25, -0.2) is 4.79 Å². The second-order valence-corrected chi connectivity index (χ2v) is 3.50. The lowest BCUT2D eigenvalue weighted by molar-refractivity contribution is -0.135. The molecule has 1 aliphatic rings. The maximum Gasteiger partial charge on any atom is 0.337 e. The Morgan fingerprint density at radius 1 is 1.62 bits per heavy atom. The van der Waals surface area contributed by atoms with Gasteiger partial charge in [-0.1, -0.05) is 12.7 Å². The fraction of sp³-hybridized carbons (Fsp3) is 0.333. The molecular weight excluding hydrogens is 206 g/mol. The van der Waals surface area contributed by atoms with Crippen molar-refractivity contribution in [2.24, 2.45) is 5.92 Å². The summed E-state index contributed by atoms with van der Waals surface area (Å²) in [5.41, 5.74) is 1.29. The first-order valence-electron chi connectivity index (χ1n) is 5.02. The van der Waals surface area contributed by atoms with E-state index in [0.717, 1.165) is 12.0 Å². The molecule has 1 heterocycles. The Hall–Kier alpha value is -1.84. The van der Waals surface area contributed by atoms with Crippen LogP contribution >= 0.6 is 0 Å². The van der Waals surface area contributed by atoms with Gasteiger partial charge in [0.1, 0.15) is 6.29 Å². The highest BCUT2D eigenvalue weighted by Gasteiger charge is 2.18. The first-order valence-corrected chi connectivity index (χ1v) is 5.02. The molecule has 0 aromatic carbocycles. The predicted octanol–water partition coefficient (Wildman–Crippen LogP) is 0.964. The van der Waals surface area contributed by atoms with Crippen molar-refractivity contribution in [1.29, 1.82) is 0 Å². The molecule has 0 bridgehead atoms. The van der Waals surface area contributed by atoms with Gasteiger partial charge in [0.25, 0.3) is 0 Å². The summed E-state index contributed by atoms with van der Waals surface area (Å²) in [7, 11) is 1.33. The minimum Gasteiger partial charge on any atom is -0.465 e. The van der Waals surface area contributed by atoms with Gasteiger partial charge in [0, 0.05) is 18.2 Å². The van der Waals surface area contributed by atoms with Crippen LogP contribution in [-0.2, 0) is 14.3 Å². The van der Waals surface area contributed by atoms with Crippen LogP contribution in [0.5, 0.6) is 0 Å². The Kier molecular flexibility index (Phi) is 4.51. The number of aldehydes is 1. The van der Waals surface area contributed by atoms with Gasteiger partial charge >= 0.3 is 5.97 Å². The molecule has 0 amide bonds. The molecule has 0 spiro atoms. The van der Waals surface area contributed by atoms with Gasteiger partial charge in [-0.15, -0.1) is 0 Å². The second-order valence-electron chi connectivity index (χ2n) is 3.50. The zero-order valence-electron chi connectivity index (χ0n) is 9.23. The molecule has 1 atom stereocenters. The standard InChI is InChI=1S/C12H15NO3/c1-3-4-10(12(15)16-2)6-11-5-9(8-14)7-13-11/h3-4,6,8-9,13H,1,5,7H2,2H3/b10-4+,11-6+. The van der Waals surface area contributed by atoms with Crippen molar-refractivity contribution in [3.05, 3.63) is 36.1 Å². The molecule has 1 rings (SSSR count). The number of methoxy groups -OCH3 is 1. The van der Waals surface area contributed by atoms with Crippen LogP contribution in [0, 0.1) is 5.92 Å².